The minimum Gasteiger partial charge on any atom is -0.396 e. The van der Waals surface area contributed by atoms with Crippen LogP contribution in [0.15, 0.2) is 91.1 Å². The van der Waals surface area contributed by atoms with Crippen molar-refractivity contribution in [1.29, 1.82) is 0 Å². The van der Waals surface area contributed by atoms with Gasteiger partial charge in [0.2, 0.25) is 0 Å². The first-order chi connectivity index (χ1) is 20.4. The van der Waals surface area contributed by atoms with Gasteiger partial charge in [-0.05, 0) is 53.9 Å². The Kier molecular flexibility index (Phi) is 9.41. The average molecular weight is 564 g/mol. The van der Waals surface area contributed by atoms with Crippen LogP contribution < -0.4 is 4.90 Å². The van der Waals surface area contributed by atoms with Gasteiger partial charge in [-0.3, -0.25) is 19.3 Å². The second-order valence-electron chi connectivity index (χ2n) is 10.9. The van der Waals surface area contributed by atoms with E-state index in [0.717, 1.165) is 56.0 Å². The van der Waals surface area contributed by atoms with E-state index >= 15 is 0 Å². The third kappa shape index (κ3) is 7.11. The summed E-state index contributed by atoms with van der Waals surface area (Å²) in [5, 5.41) is 9.04. The number of benzene rings is 3. The van der Waals surface area contributed by atoms with Crippen LogP contribution in [0.1, 0.15) is 54.3 Å². The summed E-state index contributed by atoms with van der Waals surface area (Å²) in [4.78, 5) is 43.2. The summed E-state index contributed by atoms with van der Waals surface area (Å²) < 4.78 is 1.81. The van der Waals surface area contributed by atoms with E-state index in [-0.39, 0.29) is 36.8 Å². The van der Waals surface area contributed by atoms with Gasteiger partial charge in [-0.15, -0.1) is 0 Å². The summed E-state index contributed by atoms with van der Waals surface area (Å²) in [7, 11) is 1.85. The van der Waals surface area contributed by atoms with Gasteiger partial charge >= 0.3 is 0 Å². The van der Waals surface area contributed by atoms with Gasteiger partial charge in [0.05, 0.1) is 5.69 Å². The Morgan fingerprint density at radius 2 is 1.24 bits per heavy atom. The number of hydrogen-bond acceptors (Lipinski definition) is 6. The van der Waals surface area contributed by atoms with Crippen LogP contribution in [0, 0.1) is 0 Å². The zero-order valence-corrected chi connectivity index (χ0v) is 24.0. The lowest BCUT2D eigenvalue weighted by atomic mass is 9.97. The number of aliphatic hydroxyl groups excluding tert-OH is 1. The van der Waals surface area contributed by atoms with E-state index in [4.69, 9.17) is 5.11 Å². The Morgan fingerprint density at radius 3 is 1.76 bits per heavy atom. The van der Waals surface area contributed by atoms with Crippen LogP contribution in [0.5, 0.6) is 0 Å². The molecule has 0 bridgehead atoms. The number of ketones is 3. The summed E-state index contributed by atoms with van der Waals surface area (Å²) >= 11 is 0. The Bertz CT molecular complexity index is 1510. The molecule has 42 heavy (non-hydrogen) atoms. The molecule has 5 rings (SSSR count). The third-order valence-electron chi connectivity index (χ3n) is 7.95. The number of aryl methyl sites for hydroxylation is 1. The van der Waals surface area contributed by atoms with Crippen LogP contribution in [0.25, 0.3) is 0 Å². The summed E-state index contributed by atoms with van der Waals surface area (Å²) in [5.74, 6) is -0.0279. The van der Waals surface area contributed by atoms with Crippen molar-refractivity contribution in [2.24, 2.45) is 7.05 Å². The van der Waals surface area contributed by atoms with Gasteiger partial charge in [-0.2, -0.15) is 0 Å². The van der Waals surface area contributed by atoms with E-state index in [1.54, 1.807) is 34.9 Å². The number of aromatic nitrogens is 1. The SMILES string of the molecule is Cn1cccc1C(=O)Cc1ccc(C(=O)c2ccc(CC(=O)c3ccc(N4CCN(CCCO)CC4)cc3)cc2)cc1. The minimum absolute atomic E-state index is 0.0342. The summed E-state index contributed by atoms with van der Waals surface area (Å²) in [6.07, 6.45) is 3.20. The number of aliphatic hydroxyl groups is 1. The normalized spacial score (nSPS) is 13.7. The quantitative estimate of drug-likeness (QED) is 0.254. The van der Waals surface area contributed by atoms with Crippen LogP contribution >= 0.6 is 0 Å². The Labute approximate surface area is 247 Å². The average Bonchev–Trinajstić information content (AvgIpc) is 3.46. The molecule has 1 aromatic heterocycles. The molecule has 0 aliphatic carbocycles. The first kappa shape index (κ1) is 29.2. The summed E-state index contributed by atoms with van der Waals surface area (Å²) in [6, 6.07) is 25.8. The van der Waals surface area contributed by atoms with Crippen LogP contribution in [0.4, 0.5) is 5.69 Å². The van der Waals surface area contributed by atoms with Crippen molar-refractivity contribution in [3.8, 4) is 0 Å². The van der Waals surface area contributed by atoms with Gasteiger partial charge in [0.1, 0.15) is 0 Å². The topological polar surface area (TPSA) is 82.9 Å². The molecule has 1 fully saturated rings. The molecule has 1 saturated heterocycles. The maximum Gasteiger partial charge on any atom is 0.193 e. The van der Waals surface area contributed by atoms with E-state index in [1.165, 1.54) is 0 Å². The lowest BCUT2D eigenvalue weighted by molar-refractivity contribution is 0.0980. The highest BCUT2D eigenvalue weighted by Gasteiger charge is 2.18. The summed E-state index contributed by atoms with van der Waals surface area (Å²) in [5.41, 5.74) is 5.27. The smallest absolute Gasteiger partial charge is 0.193 e. The van der Waals surface area contributed by atoms with Crippen molar-refractivity contribution in [3.05, 3.63) is 125 Å². The highest BCUT2D eigenvalue weighted by atomic mass is 16.3. The van der Waals surface area contributed by atoms with Gasteiger partial charge in [0, 0.05) is 87.8 Å². The number of hydrogen-bond donors (Lipinski definition) is 1. The van der Waals surface area contributed by atoms with Gasteiger partial charge in [-0.1, -0.05) is 48.5 Å². The third-order valence-corrected chi connectivity index (χ3v) is 7.95. The van der Waals surface area contributed by atoms with Crippen molar-refractivity contribution in [1.82, 2.24) is 9.47 Å². The molecule has 1 N–H and O–H groups in total. The maximum absolute atomic E-state index is 13.0. The number of nitrogens with zero attached hydrogens (tertiary/aromatic N) is 3. The van der Waals surface area contributed by atoms with E-state index < -0.39 is 0 Å². The van der Waals surface area contributed by atoms with Gasteiger partial charge in [-0.25, -0.2) is 0 Å². The molecule has 0 spiro atoms. The molecule has 0 amide bonds. The maximum atomic E-state index is 13.0. The highest BCUT2D eigenvalue weighted by molar-refractivity contribution is 6.09. The zero-order chi connectivity index (χ0) is 29.5. The molecule has 1 aliphatic heterocycles. The Balaban J connectivity index is 1.13. The number of piperazine rings is 1. The van der Waals surface area contributed by atoms with Crippen molar-refractivity contribution >= 4 is 23.0 Å². The molecule has 2 heterocycles. The van der Waals surface area contributed by atoms with E-state index in [2.05, 4.69) is 9.80 Å². The van der Waals surface area contributed by atoms with E-state index in [0.29, 0.717) is 22.4 Å². The van der Waals surface area contributed by atoms with E-state index in [1.807, 2.05) is 67.8 Å². The standard InChI is InChI=1S/C35H37N3O4/c1-36-17-2-4-32(36)34(41)25-27-7-11-30(12-8-27)35(42)29-9-5-26(6-10-29)24-33(40)28-13-15-31(16-14-28)38-21-19-37(20-22-38)18-3-23-39/h2,4-17,39H,3,18-25H2,1H3. The molecule has 7 nitrogen and oxygen atoms in total. The van der Waals surface area contributed by atoms with E-state index in [9.17, 15) is 14.4 Å². The molecule has 216 valence electrons. The Hall–Kier alpha value is -4.33. The lowest BCUT2D eigenvalue weighted by Gasteiger charge is -2.36. The molecule has 1 aliphatic rings. The van der Waals surface area contributed by atoms with Crippen molar-refractivity contribution in [2.75, 3.05) is 44.2 Å². The zero-order valence-electron chi connectivity index (χ0n) is 24.0. The predicted molar refractivity (Wildman–Crippen MR) is 165 cm³/mol. The van der Waals surface area contributed by atoms with Gasteiger partial charge in [0.15, 0.2) is 17.3 Å². The molecule has 4 aromatic rings. The van der Waals surface area contributed by atoms with Gasteiger partial charge < -0.3 is 14.6 Å². The monoisotopic (exact) mass is 563 g/mol. The second kappa shape index (κ2) is 13.6. The van der Waals surface area contributed by atoms with Crippen LogP contribution in [-0.4, -0.2) is 71.3 Å². The lowest BCUT2D eigenvalue weighted by Crippen LogP contribution is -2.46. The van der Waals surface area contributed by atoms with Crippen molar-refractivity contribution < 1.29 is 19.5 Å². The molecular formula is C35H37N3O4. The minimum atomic E-state index is -0.0991. The van der Waals surface area contributed by atoms with Gasteiger partial charge in [0.25, 0.3) is 0 Å². The predicted octanol–water partition coefficient (Wildman–Crippen LogP) is 4.61. The number of carbonyl (C=O) groups excluding carboxylic acids is 3. The van der Waals surface area contributed by atoms with Crippen molar-refractivity contribution in [2.45, 2.75) is 19.3 Å². The van der Waals surface area contributed by atoms with Crippen molar-refractivity contribution in [3.63, 3.8) is 0 Å². The van der Waals surface area contributed by atoms with Crippen LogP contribution in [0.2, 0.25) is 0 Å². The highest BCUT2D eigenvalue weighted by Crippen LogP contribution is 2.20. The first-order valence-corrected chi connectivity index (χ1v) is 14.5. The molecule has 3 aromatic carbocycles. The molecule has 0 saturated carbocycles. The molecule has 0 unspecified atom stereocenters. The number of Topliss-reactive ketones (excluding diaryl/α,β-unsaturated/α-hetero) is 2. The first-order valence-electron chi connectivity index (χ1n) is 14.5. The fraction of sp³-hybridized carbons (Fsp3) is 0.286. The molecular weight excluding hydrogens is 526 g/mol. The number of anilines is 1. The fourth-order valence-corrected chi connectivity index (χ4v) is 5.41. The van der Waals surface area contributed by atoms with Crippen LogP contribution in [0.3, 0.4) is 0 Å². The Morgan fingerprint density at radius 1 is 0.690 bits per heavy atom. The fourth-order valence-electron chi connectivity index (χ4n) is 5.41. The molecule has 0 radical (unpaired) electrons. The largest absolute Gasteiger partial charge is 0.396 e. The molecule has 7 heteroatoms. The summed E-state index contributed by atoms with van der Waals surface area (Å²) in [6.45, 7) is 4.97. The molecule has 0 atom stereocenters. The van der Waals surface area contributed by atoms with Crippen LogP contribution in [-0.2, 0) is 19.9 Å². The number of carbonyl (C=O) groups is 3. The second-order valence-corrected chi connectivity index (χ2v) is 10.9. The number of rotatable bonds is 12.